The van der Waals surface area contributed by atoms with Crippen LogP contribution in [0.25, 0.3) is 48.3 Å². The van der Waals surface area contributed by atoms with Crippen LogP contribution < -0.4 is 20.7 Å². The molecule has 1 heterocycles. The first-order valence-corrected chi connectivity index (χ1v) is 18.3. The minimum absolute atomic E-state index is 0.317. The van der Waals surface area contributed by atoms with Crippen molar-refractivity contribution in [1.29, 1.82) is 5.26 Å². The lowest BCUT2D eigenvalue weighted by Gasteiger charge is -2.34. The van der Waals surface area contributed by atoms with Crippen LogP contribution in [0.15, 0.2) is 170 Å². The number of aromatic nitrogens is 1. The molecule has 0 amide bonds. The van der Waals surface area contributed by atoms with E-state index in [1.54, 1.807) is 6.07 Å². The van der Waals surface area contributed by atoms with Gasteiger partial charge in [0.25, 0.3) is 0 Å². The molecule has 0 N–H and O–H groups in total. The first-order valence-electron chi connectivity index (χ1n) is 16.3. The van der Waals surface area contributed by atoms with E-state index in [1.807, 2.05) is 36.4 Å². The molecule has 8 rings (SSSR count). The van der Waals surface area contributed by atoms with Crippen LogP contribution in [-0.4, -0.2) is 12.6 Å². The largest absolute Gasteiger partial charge is 0.310 e. The van der Waals surface area contributed by atoms with Gasteiger partial charge in [0, 0.05) is 16.6 Å². The second kappa shape index (κ2) is 12.6. The highest BCUT2D eigenvalue weighted by molar-refractivity contribution is 7.19. The van der Waals surface area contributed by atoms with Crippen molar-refractivity contribution >= 4 is 62.0 Å². The fourth-order valence-corrected chi connectivity index (χ4v) is 12.3. The van der Waals surface area contributed by atoms with E-state index in [0.717, 1.165) is 33.1 Å². The predicted molar refractivity (Wildman–Crippen MR) is 207 cm³/mol. The number of hydrogen-bond donors (Lipinski definition) is 0. The van der Waals surface area contributed by atoms with E-state index in [9.17, 15) is 5.26 Å². The molecule has 0 aliphatic carbocycles. The minimum Gasteiger partial charge on any atom is -0.310 e. The van der Waals surface area contributed by atoms with Crippen LogP contribution in [0, 0.1) is 24.5 Å². The lowest BCUT2D eigenvalue weighted by atomic mass is 9.98. The summed E-state index contributed by atoms with van der Waals surface area (Å²) in [5, 5.41) is 17.2. The summed E-state index contributed by atoms with van der Waals surface area (Å²) in [5.74, 6) is 0. The average molecular weight is 653 g/mol. The molecule has 50 heavy (non-hydrogen) atoms. The summed E-state index contributed by atoms with van der Waals surface area (Å²) in [6.45, 7) is 16.1. The normalized spacial score (nSPS) is 11.1. The van der Waals surface area contributed by atoms with E-state index in [-0.39, 0.29) is 0 Å². The monoisotopic (exact) mass is 652 g/mol. The maximum atomic E-state index is 10.3. The van der Waals surface area contributed by atoms with Crippen molar-refractivity contribution < 1.29 is 0 Å². The first kappa shape index (κ1) is 30.4. The lowest BCUT2D eigenvalue weighted by molar-refractivity contribution is 1.18. The molecular weight excluding hydrogens is 625 g/mol. The molecule has 0 unspecified atom stereocenters. The van der Waals surface area contributed by atoms with Crippen molar-refractivity contribution in [2.75, 3.05) is 0 Å². The van der Waals surface area contributed by atoms with Crippen molar-refractivity contribution in [3.05, 3.63) is 198 Å². The van der Waals surface area contributed by atoms with Gasteiger partial charge >= 0.3 is 0 Å². The Morgan fingerprint density at radius 1 is 0.520 bits per heavy atom. The van der Waals surface area contributed by atoms with E-state index in [1.165, 1.54) is 20.7 Å². The summed E-state index contributed by atoms with van der Waals surface area (Å²) in [5.41, 5.74) is 5.48. The molecular formula is C45H28N4Si. The van der Waals surface area contributed by atoms with Gasteiger partial charge in [-0.15, -0.1) is 0 Å². The first-order chi connectivity index (χ1) is 24.7. The summed E-state index contributed by atoms with van der Waals surface area (Å²) in [7, 11) is -2.87. The fourth-order valence-electron chi connectivity index (χ4n) is 7.52. The van der Waals surface area contributed by atoms with Gasteiger partial charge in [0.1, 0.15) is 0 Å². The molecule has 4 nitrogen and oxygen atoms in total. The molecule has 0 aliphatic heterocycles. The topological polar surface area (TPSA) is 37.4 Å². The van der Waals surface area contributed by atoms with Crippen molar-refractivity contribution in [2.45, 2.75) is 0 Å². The van der Waals surface area contributed by atoms with Crippen LogP contribution in [0.1, 0.15) is 5.56 Å². The average Bonchev–Trinajstić information content (AvgIpc) is 3.52. The summed E-state index contributed by atoms with van der Waals surface area (Å²) in [6, 6.07) is 60.8. The summed E-state index contributed by atoms with van der Waals surface area (Å²) >= 11 is 0. The Morgan fingerprint density at radius 2 is 1.10 bits per heavy atom. The number of rotatable bonds is 6. The maximum Gasteiger partial charge on any atom is 0.214 e. The van der Waals surface area contributed by atoms with Gasteiger partial charge in [0.15, 0.2) is 13.8 Å². The van der Waals surface area contributed by atoms with Gasteiger partial charge in [-0.05, 0) is 56.0 Å². The van der Waals surface area contributed by atoms with E-state index in [4.69, 9.17) is 13.1 Å². The van der Waals surface area contributed by atoms with Gasteiger partial charge in [-0.25, -0.2) is 9.69 Å². The molecule has 1 aromatic heterocycles. The van der Waals surface area contributed by atoms with Crippen molar-refractivity contribution in [3.8, 4) is 22.9 Å². The maximum absolute atomic E-state index is 10.3. The van der Waals surface area contributed by atoms with Crippen LogP contribution in [0.4, 0.5) is 11.4 Å². The Bertz CT molecular complexity index is 2580. The number of benzene rings is 7. The van der Waals surface area contributed by atoms with Crippen LogP contribution in [-0.2, 0) is 0 Å². The Morgan fingerprint density at radius 3 is 1.70 bits per heavy atom. The van der Waals surface area contributed by atoms with E-state index in [0.29, 0.717) is 22.5 Å². The van der Waals surface area contributed by atoms with Gasteiger partial charge in [-0.1, -0.05) is 146 Å². The van der Waals surface area contributed by atoms with E-state index < -0.39 is 8.07 Å². The molecule has 7 aromatic carbocycles. The molecule has 0 spiro atoms. The highest BCUT2D eigenvalue weighted by Gasteiger charge is 2.41. The van der Waals surface area contributed by atoms with Crippen LogP contribution in [0.3, 0.4) is 0 Å². The molecule has 0 fully saturated rings. The molecule has 232 valence electrons. The molecule has 0 bridgehead atoms. The number of para-hydroxylation sites is 1. The molecule has 8 aromatic rings. The van der Waals surface area contributed by atoms with Crippen molar-refractivity contribution in [1.82, 2.24) is 4.57 Å². The van der Waals surface area contributed by atoms with Gasteiger partial charge in [-0.2, -0.15) is 5.26 Å². The number of hydrogen-bond acceptors (Lipinski definition) is 1. The molecule has 0 atom stereocenters. The third-order valence-electron chi connectivity index (χ3n) is 9.62. The second-order valence-electron chi connectivity index (χ2n) is 12.2. The Kier molecular flexibility index (Phi) is 7.63. The zero-order valence-electron chi connectivity index (χ0n) is 27.0. The zero-order valence-corrected chi connectivity index (χ0v) is 28.0. The fraction of sp³-hybridized carbons (Fsp3) is 0. The quantitative estimate of drug-likeness (QED) is 0.101. The van der Waals surface area contributed by atoms with Crippen molar-refractivity contribution in [2.24, 2.45) is 0 Å². The van der Waals surface area contributed by atoms with Crippen LogP contribution in [0.5, 0.6) is 0 Å². The number of nitrogens with zero attached hydrogens (tertiary/aromatic N) is 4. The summed E-state index contributed by atoms with van der Waals surface area (Å²) < 4.78 is 2.17. The van der Waals surface area contributed by atoms with Crippen molar-refractivity contribution in [3.63, 3.8) is 0 Å². The zero-order chi connectivity index (χ0) is 34.1. The van der Waals surface area contributed by atoms with Gasteiger partial charge in [-0.3, -0.25) is 0 Å². The van der Waals surface area contributed by atoms with Crippen LogP contribution >= 0.6 is 0 Å². The van der Waals surface area contributed by atoms with Gasteiger partial charge in [0.05, 0.1) is 35.8 Å². The summed E-state index contributed by atoms with van der Waals surface area (Å²) in [6.07, 6.45) is 0. The van der Waals surface area contributed by atoms with E-state index in [2.05, 4.69) is 148 Å². The minimum atomic E-state index is -2.87. The molecule has 0 saturated heterocycles. The number of fused-ring (bicyclic) bond motifs is 3. The third kappa shape index (κ3) is 4.72. The third-order valence-corrected chi connectivity index (χ3v) is 14.4. The summed E-state index contributed by atoms with van der Waals surface area (Å²) in [4.78, 5) is 7.73. The molecule has 0 saturated carbocycles. The molecule has 0 radical (unpaired) electrons. The van der Waals surface area contributed by atoms with E-state index >= 15 is 0 Å². The highest BCUT2D eigenvalue weighted by Crippen LogP contribution is 2.42. The van der Waals surface area contributed by atoms with Crippen LogP contribution in [0.2, 0.25) is 0 Å². The second-order valence-corrected chi connectivity index (χ2v) is 16.0. The predicted octanol–water partition coefficient (Wildman–Crippen LogP) is 8.80. The highest BCUT2D eigenvalue weighted by atomic mass is 28.3. The lowest BCUT2D eigenvalue weighted by Crippen LogP contribution is -2.74. The SMILES string of the molecule is [C-]#[N+]c1ccc2c(c1)c1ccccc1n2-c1ccc(C#N)c([N+]#[C-])c1-c1cccc([Si](c2ccccc2)(c2ccccc2)c2ccccc2)c1. The van der Waals surface area contributed by atoms with Gasteiger partial charge < -0.3 is 4.57 Å². The number of nitriles is 1. The molecule has 0 aliphatic rings. The smallest absolute Gasteiger partial charge is 0.214 e. The Hall–Kier alpha value is -6.97. The standard InChI is InChI=1S/C45H28N4Si/c1-47-34-26-28-42-40(30-34)39-23-12-13-24-41(39)49(42)43-27-25-33(31-46)45(48-2)44(43)32-15-14-22-38(29-32)50(35-16-6-3-7-17-35,36-18-8-4-9-19-36)37-20-10-5-11-21-37/h3-30H. The molecule has 5 heteroatoms. The van der Waals surface area contributed by atoms with Gasteiger partial charge in [0.2, 0.25) is 5.69 Å². The Labute approximate surface area is 292 Å². The Balaban J connectivity index is 1.48.